The maximum atomic E-state index is 15.2. The zero-order valence-corrected chi connectivity index (χ0v) is 21.2. The molecular weight excluding hydrogens is 526 g/mol. The number of ether oxygens (including phenoxy) is 1. The molecule has 4 aromatic rings. The van der Waals surface area contributed by atoms with E-state index in [-0.39, 0.29) is 33.4 Å². The van der Waals surface area contributed by atoms with Crippen LogP contribution < -0.4 is 15.2 Å². The fourth-order valence-corrected chi connectivity index (χ4v) is 4.65. The highest BCUT2D eigenvalue weighted by molar-refractivity contribution is 7.94. The zero-order valence-electron chi connectivity index (χ0n) is 20.4. The van der Waals surface area contributed by atoms with E-state index in [1.165, 1.54) is 37.5 Å². The number of halogens is 4. The largest absolute Gasteiger partial charge is 0.432 e. The predicted molar refractivity (Wildman–Crippen MR) is 136 cm³/mol. The van der Waals surface area contributed by atoms with Crippen LogP contribution in [0.25, 0.3) is 27.8 Å². The molecule has 0 spiro atoms. The van der Waals surface area contributed by atoms with Gasteiger partial charge in [-0.15, -0.1) is 0 Å². The van der Waals surface area contributed by atoms with Crippen LogP contribution in [0, 0.1) is 11.6 Å². The van der Waals surface area contributed by atoms with Gasteiger partial charge in [0.1, 0.15) is 5.82 Å². The second-order valence-electron chi connectivity index (χ2n) is 9.35. The van der Waals surface area contributed by atoms with Crippen LogP contribution in [-0.2, 0) is 10.0 Å². The van der Waals surface area contributed by atoms with Gasteiger partial charge in [-0.05, 0) is 51.1 Å². The first kappa shape index (κ1) is 27.0. The number of nitrogens with one attached hydrogen (secondary N) is 1. The number of nitrogens with zero attached hydrogens (tertiary/aromatic N) is 1. The molecule has 3 aromatic carbocycles. The number of amides is 1. The van der Waals surface area contributed by atoms with Gasteiger partial charge in [-0.25, -0.2) is 17.2 Å². The van der Waals surface area contributed by atoms with E-state index in [4.69, 9.17) is 5.73 Å². The van der Waals surface area contributed by atoms with Crippen molar-refractivity contribution < 1.29 is 35.5 Å². The van der Waals surface area contributed by atoms with Crippen molar-refractivity contribution >= 4 is 32.5 Å². The molecule has 0 saturated carbocycles. The summed E-state index contributed by atoms with van der Waals surface area (Å²) in [6.45, 7) is 1.04. The summed E-state index contributed by atoms with van der Waals surface area (Å²) in [5.74, 6) is -3.86. The molecule has 4 rings (SSSR count). The molecule has 1 heterocycles. The number of hydrogen-bond donors (Lipinski definition) is 2. The Hall–Kier alpha value is -4.06. The molecule has 0 bridgehead atoms. The van der Waals surface area contributed by atoms with E-state index < -0.39 is 44.7 Å². The number of hydrogen-bond acceptors (Lipinski definition) is 4. The molecule has 38 heavy (non-hydrogen) atoms. The quantitative estimate of drug-likeness (QED) is 0.284. The molecule has 3 N–H and O–H groups in total. The van der Waals surface area contributed by atoms with Crippen LogP contribution in [0.3, 0.4) is 0 Å². The van der Waals surface area contributed by atoms with Crippen molar-refractivity contribution in [1.29, 1.82) is 0 Å². The third-order valence-electron chi connectivity index (χ3n) is 5.79. The summed E-state index contributed by atoms with van der Waals surface area (Å²) in [5, 5.41) is -0.0200. The zero-order chi connectivity index (χ0) is 28.0. The Balaban J connectivity index is 2.02. The lowest BCUT2D eigenvalue weighted by Crippen LogP contribution is -2.33. The summed E-state index contributed by atoms with van der Waals surface area (Å²) in [6.07, 6.45) is 0. The molecule has 0 radical (unpaired) electrons. The molecule has 0 aliphatic rings. The average Bonchev–Trinajstić information content (AvgIpc) is 3.14. The van der Waals surface area contributed by atoms with Gasteiger partial charge in [-0.1, -0.05) is 24.3 Å². The van der Waals surface area contributed by atoms with Crippen LogP contribution in [-0.4, -0.2) is 30.3 Å². The minimum Gasteiger partial charge on any atom is -0.432 e. The maximum Gasteiger partial charge on any atom is 0.387 e. The molecule has 0 fully saturated rings. The van der Waals surface area contributed by atoms with Gasteiger partial charge >= 0.3 is 6.61 Å². The van der Waals surface area contributed by atoms with Gasteiger partial charge in [0.2, 0.25) is 10.0 Å². The number of nitrogens with two attached hydrogens (primary N) is 1. The normalized spacial score (nSPS) is 12.2. The highest BCUT2D eigenvalue weighted by atomic mass is 32.2. The number of primary amides is 1. The number of sulfonamides is 1. The summed E-state index contributed by atoms with van der Waals surface area (Å²) in [4.78, 5) is 12.6. The average molecular weight is 550 g/mol. The van der Waals surface area contributed by atoms with Gasteiger partial charge in [0.05, 0.1) is 27.2 Å². The Kier molecular flexibility index (Phi) is 6.87. The lowest BCUT2D eigenvalue weighted by atomic mass is 10.0. The first-order valence-corrected chi connectivity index (χ1v) is 12.7. The molecule has 0 unspecified atom stereocenters. The predicted octanol–water partition coefficient (Wildman–Crippen LogP) is 5.82. The van der Waals surface area contributed by atoms with Gasteiger partial charge in [-0.3, -0.25) is 9.52 Å². The fourth-order valence-electron chi connectivity index (χ4n) is 3.89. The lowest BCUT2D eigenvalue weighted by Gasteiger charge is -2.21. The highest BCUT2D eigenvalue weighted by Crippen LogP contribution is 2.40. The summed E-state index contributed by atoms with van der Waals surface area (Å²) in [7, 11) is -3.95. The monoisotopic (exact) mass is 549 g/mol. The SMILES string of the molecule is CC(C)(C)S(=O)(=O)Nc1ccc(-c2c(C(N)=O)c3cc(F)c(OC(F)F)cc3n2-c2ccccc2)cc1F. The Morgan fingerprint density at radius 2 is 1.66 bits per heavy atom. The molecular formula is C26H23F4N3O4S. The van der Waals surface area contributed by atoms with Crippen LogP contribution in [0.4, 0.5) is 23.2 Å². The molecule has 0 atom stereocenters. The number of carbonyl (C=O) groups is 1. The number of aromatic nitrogens is 1. The Morgan fingerprint density at radius 1 is 1.00 bits per heavy atom. The van der Waals surface area contributed by atoms with E-state index in [2.05, 4.69) is 9.46 Å². The summed E-state index contributed by atoms with van der Waals surface area (Å²) in [5.41, 5.74) is 5.78. The molecule has 7 nitrogen and oxygen atoms in total. The second-order valence-corrected chi connectivity index (χ2v) is 11.8. The van der Waals surface area contributed by atoms with Gasteiger partial charge < -0.3 is 15.0 Å². The number of para-hydroxylation sites is 1. The van der Waals surface area contributed by atoms with Crippen molar-refractivity contribution in [1.82, 2.24) is 4.57 Å². The Labute approximate surface area is 215 Å². The smallest absolute Gasteiger partial charge is 0.387 e. The standard InChI is InChI=1S/C26H23F4N3O4S/c1-26(2,3)38(35,36)32-19-10-9-14(11-17(19)27)23-22(24(31)34)16-12-18(28)21(37-25(29)30)13-20(16)33(23)15-7-5-4-6-8-15/h4-13,25,32H,1-3H3,(H2,31,34). The summed E-state index contributed by atoms with van der Waals surface area (Å²) in [6, 6.07) is 13.7. The minimum atomic E-state index is -3.95. The fraction of sp³-hybridized carbons (Fsp3) is 0.192. The molecule has 1 aromatic heterocycles. The van der Waals surface area contributed by atoms with E-state index in [0.29, 0.717) is 5.69 Å². The van der Waals surface area contributed by atoms with Crippen molar-refractivity contribution in [3.05, 3.63) is 77.9 Å². The number of alkyl halides is 2. The van der Waals surface area contributed by atoms with E-state index in [1.54, 1.807) is 30.3 Å². The van der Waals surface area contributed by atoms with E-state index in [9.17, 15) is 26.4 Å². The molecule has 0 aliphatic carbocycles. The van der Waals surface area contributed by atoms with Crippen LogP contribution in [0.1, 0.15) is 31.1 Å². The van der Waals surface area contributed by atoms with E-state index in [1.807, 2.05) is 0 Å². The van der Waals surface area contributed by atoms with Crippen LogP contribution in [0.2, 0.25) is 0 Å². The number of benzene rings is 3. The maximum absolute atomic E-state index is 15.2. The van der Waals surface area contributed by atoms with Crippen molar-refractivity contribution in [3.8, 4) is 22.7 Å². The first-order chi connectivity index (χ1) is 17.7. The molecule has 0 aliphatic heterocycles. The van der Waals surface area contributed by atoms with Crippen LogP contribution in [0.5, 0.6) is 5.75 Å². The van der Waals surface area contributed by atoms with Crippen molar-refractivity contribution in [2.24, 2.45) is 5.73 Å². The molecule has 1 amide bonds. The third-order valence-corrected chi connectivity index (χ3v) is 7.89. The van der Waals surface area contributed by atoms with Crippen molar-refractivity contribution in [2.45, 2.75) is 32.1 Å². The van der Waals surface area contributed by atoms with Gasteiger partial charge in [0.25, 0.3) is 5.91 Å². The lowest BCUT2D eigenvalue weighted by molar-refractivity contribution is -0.0520. The van der Waals surface area contributed by atoms with Crippen LogP contribution >= 0.6 is 0 Å². The topological polar surface area (TPSA) is 103 Å². The van der Waals surface area contributed by atoms with Crippen molar-refractivity contribution in [3.63, 3.8) is 0 Å². The number of carbonyl (C=O) groups excluding carboxylic acids is 1. The number of fused-ring (bicyclic) bond motifs is 1. The van der Waals surface area contributed by atoms with Crippen LogP contribution in [0.15, 0.2) is 60.7 Å². The second kappa shape index (κ2) is 9.67. The number of rotatable bonds is 7. The molecule has 0 saturated heterocycles. The number of anilines is 1. The van der Waals surface area contributed by atoms with Gasteiger partial charge in [0.15, 0.2) is 11.6 Å². The summed E-state index contributed by atoms with van der Waals surface area (Å²) < 4.78 is 87.5. The van der Waals surface area contributed by atoms with E-state index >= 15 is 4.39 Å². The Morgan fingerprint density at radius 3 is 2.21 bits per heavy atom. The molecule has 200 valence electrons. The third kappa shape index (κ3) is 4.91. The van der Waals surface area contributed by atoms with Gasteiger partial charge in [0, 0.05) is 22.7 Å². The highest BCUT2D eigenvalue weighted by Gasteiger charge is 2.30. The van der Waals surface area contributed by atoms with Gasteiger partial charge in [-0.2, -0.15) is 8.78 Å². The van der Waals surface area contributed by atoms with Crippen molar-refractivity contribution in [2.75, 3.05) is 4.72 Å². The first-order valence-electron chi connectivity index (χ1n) is 11.2. The Bertz CT molecular complexity index is 1650. The molecule has 12 heteroatoms. The summed E-state index contributed by atoms with van der Waals surface area (Å²) >= 11 is 0. The minimum absolute atomic E-state index is 0.0200. The van der Waals surface area contributed by atoms with E-state index in [0.717, 1.165) is 18.2 Å².